The molecular weight excluding hydrogens is 431 g/mol. The number of hydrogen-bond acceptors (Lipinski definition) is 4. The van der Waals surface area contributed by atoms with Crippen molar-refractivity contribution in [3.8, 4) is 0 Å². The zero-order valence-corrected chi connectivity index (χ0v) is 18.8. The Morgan fingerprint density at radius 3 is 2.39 bits per heavy atom. The Kier molecular flexibility index (Phi) is 8.10. The molecule has 0 spiro atoms. The first-order valence-electron chi connectivity index (χ1n) is 10.9. The van der Waals surface area contributed by atoms with E-state index in [1.165, 1.54) is 6.07 Å². The van der Waals surface area contributed by atoms with E-state index in [0.29, 0.717) is 24.7 Å². The first kappa shape index (κ1) is 24.1. The zero-order chi connectivity index (χ0) is 22.6. The van der Waals surface area contributed by atoms with Crippen LogP contribution >= 0.6 is 11.6 Å². The van der Waals surface area contributed by atoms with Crippen LogP contribution in [-0.4, -0.2) is 67.7 Å². The molecule has 2 aliphatic heterocycles. The number of halogens is 4. The highest BCUT2D eigenvalue weighted by Crippen LogP contribution is 2.34. The quantitative estimate of drug-likeness (QED) is 0.683. The Balaban J connectivity index is 1.58. The minimum absolute atomic E-state index is 0.0317. The third-order valence-corrected chi connectivity index (χ3v) is 6.40. The Bertz CT molecular complexity index is 746. The van der Waals surface area contributed by atoms with Crippen LogP contribution in [0.3, 0.4) is 0 Å². The van der Waals surface area contributed by atoms with Crippen LogP contribution in [0.4, 0.5) is 18.9 Å². The van der Waals surface area contributed by atoms with Gasteiger partial charge in [-0.3, -0.25) is 9.69 Å². The highest BCUT2D eigenvalue weighted by Gasteiger charge is 2.33. The molecule has 1 aromatic rings. The van der Waals surface area contributed by atoms with Gasteiger partial charge in [0.2, 0.25) is 5.91 Å². The summed E-state index contributed by atoms with van der Waals surface area (Å²) in [5, 5.41) is 3.04. The second-order valence-corrected chi connectivity index (χ2v) is 9.15. The molecule has 31 heavy (non-hydrogen) atoms. The number of ether oxygens (including phenoxy) is 1. The van der Waals surface area contributed by atoms with Gasteiger partial charge in [0.05, 0.1) is 29.5 Å². The lowest BCUT2D eigenvalue weighted by molar-refractivity contribution is -0.137. The molecule has 3 rings (SSSR count). The Morgan fingerprint density at radius 1 is 1.19 bits per heavy atom. The number of nitrogens with zero attached hydrogens (tertiary/aromatic N) is 2. The van der Waals surface area contributed by atoms with Crippen LogP contribution in [-0.2, 0) is 15.7 Å². The molecule has 1 N–H and O–H groups in total. The lowest BCUT2D eigenvalue weighted by Gasteiger charge is -2.38. The second-order valence-electron chi connectivity index (χ2n) is 8.74. The van der Waals surface area contributed by atoms with E-state index in [2.05, 4.69) is 10.2 Å². The van der Waals surface area contributed by atoms with Crippen molar-refractivity contribution in [1.82, 2.24) is 9.80 Å². The summed E-state index contributed by atoms with van der Waals surface area (Å²) in [7, 11) is 0. The Labute approximate surface area is 186 Å². The predicted octanol–water partition coefficient (Wildman–Crippen LogP) is 4.37. The van der Waals surface area contributed by atoms with Gasteiger partial charge in [-0.25, -0.2) is 0 Å². The minimum atomic E-state index is -4.46. The smallest absolute Gasteiger partial charge is 0.379 e. The first-order chi connectivity index (χ1) is 14.6. The zero-order valence-electron chi connectivity index (χ0n) is 18.1. The summed E-state index contributed by atoms with van der Waals surface area (Å²) in [6.07, 6.45) is -2.55. The molecule has 0 aliphatic carbocycles. The number of nitrogens with one attached hydrogen (secondary N) is 1. The monoisotopic (exact) mass is 461 g/mol. The van der Waals surface area contributed by atoms with Gasteiger partial charge in [-0.2, -0.15) is 13.2 Å². The van der Waals surface area contributed by atoms with Gasteiger partial charge in [0.15, 0.2) is 0 Å². The summed E-state index contributed by atoms with van der Waals surface area (Å²) >= 11 is 6.09. The van der Waals surface area contributed by atoms with Gasteiger partial charge in [0.1, 0.15) is 6.04 Å². The minimum Gasteiger partial charge on any atom is -0.379 e. The van der Waals surface area contributed by atoms with Crippen LogP contribution in [0.2, 0.25) is 5.02 Å². The van der Waals surface area contributed by atoms with Crippen molar-refractivity contribution in [2.24, 2.45) is 11.8 Å². The molecular formula is C22H31ClF3N3O2. The number of alkyl halides is 3. The lowest BCUT2D eigenvalue weighted by atomic mass is 9.94. The van der Waals surface area contributed by atoms with Crippen molar-refractivity contribution in [2.75, 3.05) is 51.3 Å². The van der Waals surface area contributed by atoms with Gasteiger partial charge in [0, 0.05) is 32.7 Å². The molecule has 0 aromatic heterocycles. The van der Waals surface area contributed by atoms with Crippen molar-refractivity contribution in [1.29, 1.82) is 0 Å². The number of piperidine rings is 1. The van der Waals surface area contributed by atoms with E-state index in [4.69, 9.17) is 16.3 Å². The summed E-state index contributed by atoms with van der Waals surface area (Å²) in [5.41, 5.74) is -0.471. The standard InChI is InChI=1S/C22H31ClF3N3O2/c1-15(2)20(27-19-4-3-17(13-18(19)23)22(24,25)26)21(30)29-7-5-16(6-8-29)14-28-9-11-31-12-10-28/h3-4,13,15-16,20,27H,5-12,14H2,1-2H3/t20-/m0/s1. The molecule has 1 amide bonds. The normalized spacial score (nSPS) is 20.2. The van der Waals surface area contributed by atoms with Crippen LogP contribution in [0.1, 0.15) is 32.3 Å². The number of amides is 1. The highest BCUT2D eigenvalue weighted by molar-refractivity contribution is 6.33. The largest absolute Gasteiger partial charge is 0.416 e. The molecule has 0 saturated carbocycles. The number of morpholine rings is 1. The molecule has 2 heterocycles. The molecule has 5 nitrogen and oxygen atoms in total. The number of hydrogen-bond donors (Lipinski definition) is 1. The number of rotatable bonds is 6. The molecule has 1 atom stereocenters. The maximum atomic E-state index is 13.2. The van der Waals surface area contributed by atoms with Gasteiger partial charge < -0.3 is 15.0 Å². The Morgan fingerprint density at radius 2 is 1.84 bits per heavy atom. The summed E-state index contributed by atoms with van der Waals surface area (Å²) in [6.45, 7) is 9.75. The summed E-state index contributed by atoms with van der Waals surface area (Å²) in [5.74, 6) is 0.490. The molecule has 1 aromatic carbocycles. The van der Waals surface area contributed by atoms with Crippen LogP contribution in [0.15, 0.2) is 18.2 Å². The second kappa shape index (κ2) is 10.4. The van der Waals surface area contributed by atoms with Crippen molar-refractivity contribution in [3.63, 3.8) is 0 Å². The van der Waals surface area contributed by atoms with Crippen molar-refractivity contribution >= 4 is 23.2 Å². The summed E-state index contributed by atoms with van der Waals surface area (Å²) in [4.78, 5) is 17.5. The molecule has 2 fully saturated rings. The van der Waals surface area contributed by atoms with Crippen LogP contribution in [0.5, 0.6) is 0 Å². The number of benzene rings is 1. The average molecular weight is 462 g/mol. The number of likely N-dealkylation sites (tertiary alicyclic amines) is 1. The van der Waals surface area contributed by atoms with E-state index in [-0.39, 0.29) is 16.8 Å². The van der Waals surface area contributed by atoms with Gasteiger partial charge in [-0.05, 0) is 42.9 Å². The van der Waals surface area contributed by atoms with E-state index >= 15 is 0 Å². The van der Waals surface area contributed by atoms with Crippen molar-refractivity contribution in [3.05, 3.63) is 28.8 Å². The molecule has 2 saturated heterocycles. The molecule has 0 unspecified atom stereocenters. The average Bonchev–Trinajstić information content (AvgIpc) is 2.73. The third kappa shape index (κ3) is 6.49. The van der Waals surface area contributed by atoms with Crippen LogP contribution in [0.25, 0.3) is 0 Å². The van der Waals surface area contributed by atoms with E-state index in [9.17, 15) is 18.0 Å². The highest BCUT2D eigenvalue weighted by atomic mass is 35.5. The fourth-order valence-electron chi connectivity index (χ4n) is 4.17. The third-order valence-electron chi connectivity index (χ3n) is 6.09. The molecule has 0 radical (unpaired) electrons. The van der Waals surface area contributed by atoms with Crippen LogP contribution < -0.4 is 5.32 Å². The number of anilines is 1. The number of carbonyl (C=O) groups is 1. The van der Waals surface area contributed by atoms with Crippen molar-refractivity contribution in [2.45, 2.75) is 38.9 Å². The number of carbonyl (C=O) groups excluding carboxylic acids is 1. The maximum Gasteiger partial charge on any atom is 0.416 e. The maximum absolute atomic E-state index is 13.2. The lowest BCUT2D eigenvalue weighted by Crippen LogP contribution is -2.50. The van der Waals surface area contributed by atoms with E-state index < -0.39 is 17.8 Å². The van der Waals surface area contributed by atoms with E-state index in [1.54, 1.807) is 0 Å². The predicted molar refractivity (Wildman–Crippen MR) is 115 cm³/mol. The summed E-state index contributed by atoms with van der Waals surface area (Å²) < 4.78 is 44.1. The Hall–Kier alpha value is -1.51. The first-order valence-corrected chi connectivity index (χ1v) is 11.2. The van der Waals surface area contributed by atoms with Gasteiger partial charge >= 0.3 is 6.18 Å². The van der Waals surface area contributed by atoms with E-state index in [0.717, 1.165) is 57.8 Å². The van der Waals surface area contributed by atoms with E-state index in [1.807, 2.05) is 18.7 Å². The van der Waals surface area contributed by atoms with Gasteiger partial charge in [-0.1, -0.05) is 25.4 Å². The van der Waals surface area contributed by atoms with Crippen LogP contribution in [0, 0.1) is 11.8 Å². The topological polar surface area (TPSA) is 44.8 Å². The fraction of sp³-hybridized carbons (Fsp3) is 0.682. The molecule has 2 aliphatic rings. The summed E-state index contributed by atoms with van der Waals surface area (Å²) in [6, 6.07) is 2.61. The van der Waals surface area contributed by atoms with Crippen molar-refractivity contribution < 1.29 is 22.7 Å². The molecule has 174 valence electrons. The van der Waals surface area contributed by atoms with Gasteiger partial charge in [-0.15, -0.1) is 0 Å². The SMILES string of the molecule is CC(C)[C@H](Nc1ccc(C(F)(F)F)cc1Cl)C(=O)N1CCC(CN2CCOCC2)CC1. The fourth-order valence-corrected chi connectivity index (χ4v) is 4.41. The molecule has 9 heteroatoms. The van der Waals surface area contributed by atoms with Gasteiger partial charge in [0.25, 0.3) is 0 Å². The molecule has 0 bridgehead atoms.